The molecule has 136 valence electrons. The third-order valence-electron chi connectivity index (χ3n) is 4.20. The van der Waals surface area contributed by atoms with Crippen molar-refractivity contribution < 1.29 is 9.53 Å². The number of carbonyl (C=O) groups excluding carboxylic acids is 1. The number of nitrogens with zero attached hydrogens (tertiary/aromatic N) is 5. The van der Waals surface area contributed by atoms with Crippen molar-refractivity contribution in [1.82, 2.24) is 20.2 Å². The average Bonchev–Trinajstić information content (AvgIpc) is 2.75. The van der Waals surface area contributed by atoms with E-state index in [1.54, 1.807) is 0 Å². The molecule has 1 saturated heterocycles. The van der Waals surface area contributed by atoms with Gasteiger partial charge < -0.3 is 15.0 Å². The summed E-state index contributed by atoms with van der Waals surface area (Å²) in [5.41, 5.74) is 2.52. The first-order valence-corrected chi connectivity index (χ1v) is 8.64. The summed E-state index contributed by atoms with van der Waals surface area (Å²) < 4.78 is 5.36. The molecule has 27 heavy (non-hydrogen) atoms. The Balaban J connectivity index is 1.49. The Morgan fingerprint density at radius 3 is 2.70 bits per heavy atom. The van der Waals surface area contributed by atoms with Crippen molar-refractivity contribution >= 4 is 17.4 Å². The highest BCUT2D eigenvalue weighted by Gasteiger charge is 2.13. The maximum absolute atomic E-state index is 12.2. The van der Waals surface area contributed by atoms with Gasteiger partial charge in [0.25, 0.3) is 5.91 Å². The second kappa shape index (κ2) is 7.88. The molecule has 1 aromatic carbocycles. The lowest BCUT2D eigenvalue weighted by atomic mass is 10.1. The van der Waals surface area contributed by atoms with Crippen LogP contribution in [0.3, 0.4) is 0 Å². The molecule has 0 spiro atoms. The number of ether oxygens (including phenoxy) is 1. The number of hydrogen-bond acceptors (Lipinski definition) is 7. The van der Waals surface area contributed by atoms with Gasteiger partial charge in [-0.05, 0) is 24.3 Å². The van der Waals surface area contributed by atoms with Gasteiger partial charge in [-0.2, -0.15) is 0 Å². The van der Waals surface area contributed by atoms with Crippen LogP contribution in [0.15, 0.2) is 55.0 Å². The van der Waals surface area contributed by atoms with Gasteiger partial charge in [-0.15, -0.1) is 10.2 Å². The fourth-order valence-corrected chi connectivity index (χ4v) is 2.81. The van der Waals surface area contributed by atoms with Crippen molar-refractivity contribution in [3.05, 3.63) is 60.7 Å². The van der Waals surface area contributed by atoms with E-state index in [0.29, 0.717) is 18.9 Å². The van der Waals surface area contributed by atoms with Crippen molar-refractivity contribution in [2.75, 3.05) is 36.5 Å². The third kappa shape index (κ3) is 4.06. The first-order valence-electron chi connectivity index (χ1n) is 8.64. The lowest BCUT2D eigenvalue weighted by Crippen LogP contribution is -2.36. The number of anilines is 2. The molecule has 4 rings (SSSR count). The van der Waals surface area contributed by atoms with Crippen LogP contribution in [0.1, 0.15) is 10.5 Å². The summed E-state index contributed by atoms with van der Waals surface area (Å²) in [6, 6.07) is 11.3. The zero-order chi connectivity index (χ0) is 18.5. The van der Waals surface area contributed by atoms with Crippen molar-refractivity contribution in [2.24, 2.45) is 0 Å². The summed E-state index contributed by atoms with van der Waals surface area (Å²) in [6.07, 6.45) is 4.43. The largest absolute Gasteiger partial charge is 0.378 e. The van der Waals surface area contributed by atoms with E-state index in [2.05, 4.69) is 30.4 Å². The van der Waals surface area contributed by atoms with Crippen LogP contribution >= 0.6 is 0 Å². The van der Waals surface area contributed by atoms with Gasteiger partial charge in [0.2, 0.25) is 0 Å². The van der Waals surface area contributed by atoms with E-state index < -0.39 is 0 Å². The van der Waals surface area contributed by atoms with Gasteiger partial charge >= 0.3 is 0 Å². The minimum Gasteiger partial charge on any atom is -0.378 e. The number of benzene rings is 1. The molecule has 1 N–H and O–H groups in total. The number of carbonyl (C=O) groups is 1. The summed E-state index contributed by atoms with van der Waals surface area (Å²) in [7, 11) is 0. The van der Waals surface area contributed by atoms with E-state index in [1.807, 2.05) is 36.4 Å². The molecule has 8 heteroatoms. The molecule has 1 amide bonds. The van der Waals surface area contributed by atoms with Crippen LogP contribution < -0.4 is 10.2 Å². The zero-order valence-corrected chi connectivity index (χ0v) is 14.6. The Morgan fingerprint density at radius 1 is 1.07 bits per heavy atom. The smallest absolute Gasteiger partial charge is 0.275 e. The lowest BCUT2D eigenvalue weighted by Gasteiger charge is -2.27. The molecular formula is C19H18N6O2. The first-order chi connectivity index (χ1) is 13.3. The monoisotopic (exact) mass is 362 g/mol. The molecule has 2 aromatic heterocycles. The highest BCUT2D eigenvalue weighted by molar-refractivity contribution is 6.02. The molecule has 3 heterocycles. The Hall–Kier alpha value is -3.39. The highest BCUT2D eigenvalue weighted by Crippen LogP contribution is 2.22. The average molecular weight is 362 g/mol. The molecule has 1 fully saturated rings. The topological polar surface area (TPSA) is 93.1 Å². The molecule has 0 radical (unpaired) electrons. The number of morpholine rings is 1. The molecule has 1 aliphatic heterocycles. The standard InChI is InChI=1S/C19H18N6O2/c26-19(17-13-20-6-7-21-17)22-15-3-1-2-14(12-15)16-4-5-18(24-23-16)25-8-10-27-11-9-25/h1-7,12-13H,8-11H2,(H,22,26). The number of aromatic nitrogens is 4. The maximum Gasteiger partial charge on any atom is 0.275 e. The fourth-order valence-electron chi connectivity index (χ4n) is 2.81. The summed E-state index contributed by atoms with van der Waals surface area (Å²) in [6.45, 7) is 3.05. The SMILES string of the molecule is O=C(Nc1cccc(-c2ccc(N3CCOCC3)nn2)c1)c1cnccn1. The van der Waals surface area contributed by atoms with Crippen molar-refractivity contribution in [3.8, 4) is 11.3 Å². The predicted molar refractivity (Wildman–Crippen MR) is 100 cm³/mol. The van der Waals surface area contributed by atoms with Crippen molar-refractivity contribution in [3.63, 3.8) is 0 Å². The summed E-state index contributed by atoms with van der Waals surface area (Å²) >= 11 is 0. The van der Waals surface area contributed by atoms with Gasteiger partial charge in [-0.25, -0.2) is 4.98 Å². The summed E-state index contributed by atoms with van der Waals surface area (Å²) in [5, 5.41) is 11.5. The van der Waals surface area contributed by atoms with Crippen LogP contribution in [0.4, 0.5) is 11.5 Å². The number of amides is 1. The minimum atomic E-state index is -0.311. The molecule has 0 bridgehead atoms. The molecule has 0 aliphatic carbocycles. The molecule has 0 atom stereocenters. The first kappa shape index (κ1) is 17.0. The molecule has 8 nitrogen and oxygen atoms in total. The van der Waals surface area contributed by atoms with E-state index in [0.717, 1.165) is 30.2 Å². The normalized spacial score (nSPS) is 14.0. The van der Waals surface area contributed by atoms with E-state index in [9.17, 15) is 4.79 Å². The van der Waals surface area contributed by atoms with Gasteiger partial charge in [0.1, 0.15) is 5.69 Å². The van der Waals surface area contributed by atoms with Crippen LogP contribution in [-0.4, -0.2) is 52.4 Å². The molecular weight excluding hydrogens is 344 g/mol. The second-order valence-corrected chi connectivity index (χ2v) is 6.00. The molecule has 0 saturated carbocycles. The van der Waals surface area contributed by atoms with Gasteiger partial charge in [0.15, 0.2) is 5.82 Å². The lowest BCUT2D eigenvalue weighted by molar-refractivity contribution is 0.102. The Labute approximate surface area is 156 Å². The van der Waals surface area contributed by atoms with Crippen LogP contribution in [0, 0.1) is 0 Å². The van der Waals surface area contributed by atoms with Gasteiger partial charge in [-0.1, -0.05) is 12.1 Å². The minimum absolute atomic E-state index is 0.262. The molecule has 0 unspecified atom stereocenters. The van der Waals surface area contributed by atoms with Crippen molar-refractivity contribution in [1.29, 1.82) is 0 Å². The summed E-state index contributed by atoms with van der Waals surface area (Å²) in [5.74, 6) is 0.531. The Kier molecular flexibility index (Phi) is 4.97. The van der Waals surface area contributed by atoms with E-state index in [1.165, 1.54) is 18.6 Å². The number of rotatable bonds is 4. The maximum atomic E-state index is 12.2. The van der Waals surface area contributed by atoms with Gasteiger partial charge in [0, 0.05) is 36.7 Å². The Bertz CT molecular complexity index is 911. The fraction of sp³-hybridized carbons (Fsp3) is 0.211. The molecule has 1 aliphatic rings. The van der Waals surface area contributed by atoms with Gasteiger partial charge in [-0.3, -0.25) is 9.78 Å². The highest BCUT2D eigenvalue weighted by atomic mass is 16.5. The number of nitrogens with one attached hydrogen (secondary N) is 1. The van der Waals surface area contributed by atoms with E-state index in [4.69, 9.17) is 4.74 Å². The number of hydrogen-bond donors (Lipinski definition) is 1. The zero-order valence-electron chi connectivity index (χ0n) is 14.6. The predicted octanol–water partition coefficient (Wildman–Crippen LogP) is 2.02. The quantitative estimate of drug-likeness (QED) is 0.759. The van der Waals surface area contributed by atoms with Gasteiger partial charge in [0.05, 0.1) is 25.1 Å². The van der Waals surface area contributed by atoms with E-state index >= 15 is 0 Å². The second-order valence-electron chi connectivity index (χ2n) is 6.00. The third-order valence-corrected chi connectivity index (χ3v) is 4.20. The summed E-state index contributed by atoms with van der Waals surface area (Å²) in [4.78, 5) is 22.3. The van der Waals surface area contributed by atoms with Crippen LogP contribution in [-0.2, 0) is 4.74 Å². The van der Waals surface area contributed by atoms with Crippen LogP contribution in [0.2, 0.25) is 0 Å². The van der Waals surface area contributed by atoms with Crippen LogP contribution in [0.5, 0.6) is 0 Å². The molecule has 3 aromatic rings. The van der Waals surface area contributed by atoms with Crippen LogP contribution in [0.25, 0.3) is 11.3 Å². The van der Waals surface area contributed by atoms with E-state index in [-0.39, 0.29) is 11.6 Å². The Morgan fingerprint density at radius 2 is 1.96 bits per heavy atom. The van der Waals surface area contributed by atoms with Crippen molar-refractivity contribution in [2.45, 2.75) is 0 Å².